The number of hydrogen-bond donors (Lipinski definition) is 6. The monoisotopic (exact) mass is 690 g/mol. The first-order chi connectivity index (χ1) is 21.9. The number of amides is 1. The molecule has 6 N–H and O–H groups in total. The molecule has 0 spiro atoms. The van der Waals surface area contributed by atoms with E-state index in [0.717, 1.165) is 6.26 Å². The van der Waals surface area contributed by atoms with Crippen LogP contribution < -0.4 is 10.0 Å². The van der Waals surface area contributed by atoms with Gasteiger partial charge in [0.15, 0.2) is 17.0 Å². The van der Waals surface area contributed by atoms with E-state index in [4.69, 9.17) is 4.74 Å². The van der Waals surface area contributed by atoms with Crippen molar-refractivity contribution < 1.29 is 46.9 Å². The Hall–Kier alpha value is -4.12. The number of sulfonamides is 1. The first-order valence-electron chi connectivity index (χ1n) is 14.9. The van der Waals surface area contributed by atoms with Gasteiger partial charge in [-0.2, -0.15) is 0 Å². The van der Waals surface area contributed by atoms with E-state index in [0.29, 0.717) is 19.3 Å². The van der Waals surface area contributed by atoms with E-state index in [2.05, 4.69) is 14.4 Å². The molecule has 5 rings (SSSR count). The summed E-state index contributed by atoms with van der Waals surface area (Å²) in [6, 6.07) is 10.2. The number of Topliss-reactive ketones (excluding diaryl/α,β-unsaturated/α-hetero) is 1. The summed E-state index contributed by atoms with van der Waals surface area (Å²) in [5.74, 6) is -2.72. The number of nitrogens with one attached hydrogen (secondary N) is 2. The molecular weight excluding hydrogens is 652 g/mol. The van der Waals surface area contributed by atoms with Gasteiger partial charge in [-0.25, -0.2) is 13.2 Å². The van der Waals surface area contributed by atoms with Gasteiger partial charge in [0, 0.05) is 12.1 Å². The lowest BCUT2D eigenvalue weighted by molar-refractivity contribution is -0.157. The Morgan fingerprint density at radius 2 is 1.89 bits per heavy atom. The number of carbonyl (C=O) groups excluding carboxylic acids is 2. The summed E-state index contributed by atoms with van der Waals surface area (Å²) in [5, 5.41) is 24.1. The van der Waals surface area contributed by atoms with Crippen LogP contribution in [0.2, 0.25) is 0 Å². The zero-order valence-corrected chi connectivity index (χ0v) is 27.9. The van der Waals surface area contributed by atoms with Crippen molar-refractivity contribution in [1.82, 2.24) is 4.90 Å². The number of rotatable bonds is 9. The van der Waals surface area contributed by atoms with Crippen molar-refractivity contribution in [3.05, 3.63) is 59.2 Å². The van der Waals surface area contributed by atoms with E-state index in [1.807, 2.05) is 13.8 Å². The Balaban J connectivity index is 1.60. The van der Waals surface area contributed by atoms with E-state index < -0.39 is 66.8 Å². The number of ketones is 1. The average molecular weight is 691 g/mol. The van der Waals surface area contributed by atoms with Gasteiger partial charge in [0.05, 0.1) is 23.2 Å². The predicted octanol–water partition coefficient (Wildman–Crippen LogP) is 5.21. The number of esters is 1. The molecule has 47 heavy (non-hydrogen) atoms. The number of anilines is 2. The number of likely N-dealkylation sites (tertiary alicyclic amines) is 1. The predicted molar refractivity (Wildman–Crippen MR) is 177 cm³/mol. The lowest BCUT2D eigenvalue weighted by Crippen LogP contribution is -2.53. The van der Waals surface area contributed by atoms with Crippen molar-refractivity contribution in [2.75, 3.05) is 29.4 Å². The lowest BCUT2D eigenvalue weighted by Gasteiger charge is -2.40. The van der Waals surface area contributed by atoms with Crippen LogP contribution >= 0.6 is 10.8 Å². The molecule has 14 nitrogen and oxygen atoms in total. The Morgan fingerprint density at radius 3 is 2.55 bits per heavy atom. The van der Waals surface area contributed by atoms with Crippen molar-refractivity contribution >= 4 is 61.6 Å². The first kappa shape index (κ1) is 34.2. The second-order valence-corrected chi connectivity index (χ2v) is 16.1. The van der Waals surface area contributed by atoms with Crippen LogP contribution in [0.4, 0.5) is 16.2 Å². The van der Waals surface area contributed by atoms with Crippen molar-refractivity contribution in [2.24, 2.45) is 10.3 Å². The third kappa shape index (κ3) is 6.29. The molecule has 0 saturated carbocycles. The van der Waals surface area contributed by atoms with E-state index in [1.165, 1.54) is 29.2 Å². The molecule has 3 aliphatic rings. The minimum Gasteiger partial charge on any atom is -0.506 e. The highest BCUT2D eigenvalue weighted by molar-refractivity contribution is 8.23. The van der Waals surface area contributed by atoms with Crippen LogP contribution in [0.5, 0.6) is 0 Å². The van der Waals surface area contributed by atoms with Gasteiger partial charge < -0.3 is 20.3 Å². The summed E-state index contributed by atoms with van der Waals surface area (Å²) in [6.45, 7) is 5.48. The molecule has 2 atom stereocenters. The quantitative estimate of drug-likeness (QED) is 0.148. The van der Waals surface area contributed by atoms with Crippen molar-refractivity contribution in [1.29, 1.82) is 0 Å². The van der Waals surface area contributed by atoms with Crippen molar-refractivity contribution in [3.63, 3.8) is 0 Å². The maximum absolute atomic E-state index is 14.8. The maximum atomic E-state index is 14.8. The number of hydrogen-bond acceptors (Lipinski definition) is 11. The van der Waals surface area contributed by atoms with E-state index in [1.54, 1.807) is 25.1 Å². The summed E-state index contributed by atoms with van der Waals surface area (Å²) in [5.41, 5.74) is -3.01. The molecule has 0 radical (unpaired) electrons. The van der Waals surface area contributed by atoms with Crippen molar-refractivity contribution in [2.45, 2.75) is 62.3 Å². The third-order valence-corrected chi connectivity index (χ3v) is 10.7. The van der Waals surface area contributed by atoms with Crippen LogP contribution in [0.15, 0.2) is 57.3 Å². The summed E-state index contributed by atoms with van der Waals surface area (Å²) < 4.78 is 57.8. The van der Waals surface area contributed by atoms with Crippen LogP contribution in [0.1, 0.15) is 57.6 Å². The molecule has 0 bridgehead atoms. The summed E-state index contributed by atoms with van der Waals surface area (Å²) >= 11 is 0. The molecule has 16 heteroatoms. The minimum atomic E-state index is -4.05. The van der Waals surface area contributed by atoms with Crippen LogP contribution in [0, 0.1) is 5.92 Å². The Morgan fingerprint density at radius 1 is 1.19 bits per heavy atom. The number of nitrogens with zero attached hydrogens (tertiary/aromatic N) is 2. The van der Waals surface area contributed by atoms with Crippen LogP contribution in [0.3, 0.4) is 0 Å². The van der Waals surface area contributed by atoms with Gasteiger partial charge in [-0.15, -0.1) is 4.40 Å². The second kappa shape index (κ2) is 12.2. The lowest BCUT2D eigenvalue weighted by atomic mass is 9.65. The maximum Gasteiger partial charge on any atom is 0.407 e. The molecule has 2 heterocycles. The second-order valence-electron chi connectivity index (χ2n) is 12.7. The smallest absolute Gasteiger partial charge is 0.407 e. The summed E-state index contributed by atoms with van der Waals surface area (Å²) in [7, 11) is -7.74. The van der Waals surface area contributed by atoms with Crippen LogP contribution in [-0.4, -0.2) is 81.3 Å². The fourth-order valence-electron chi connectivity index (χ4n) is 6.33. The van der Waals surface area contributed by atoms with Gasteiger partial charge in [0.2, 0.25) is 10.0 Å². The molecule has 2 aromatic carbocycles. The van der Waals surface area contributed by atoms with Gasteiger partial charge in [-0.05, 0) is 62.3 Å². The normalized spacial score (nSPS) is 24.2. The number of benzene rings is 2. The third-order valence-electron chi connectivity index (χ3n) is 8.72. The first-order valence-corrected chi connectivity index (χ1v) is 18.3. The number of carboxylic acid groups (broad SMARTS) is 1. The van der Waals surface area contributed by atoms with Crippen molar-refractivity contribution in [3.8, 4) is 0 Å². The average Bonchev–Trinajstić information content (AvgIpc) is 3.37. The van der Waals surface area contributed by atoms with Gasteiger partial charge >= 0.3 is 12.1 Å². The molecule has 2 aliphatic heterocycles. The fourth-order valence-corrected chi connectivity index (χ4v) is 8.07. The molecule has 2 aromatic rings. The van der Waals surface area contributed by atoms with E-state index in [9.17, 15) is 42.1 Å². The number of carbonyl (C=O) groups is 3. The number of amidine groups is 1. The molecule has 1 aliphatic carbocycles. The molecule has 0 aromatic heterocycles. The number of aliphatic hydroxyl groups is 1. The fraction of sp³-hybridized carbons (Fsp3) is 0.419. The molecule has 1 saturated heterocycles. The highest BCUT2D eigenvalue weighted by atomic mass is 32.3. The van der Waals surface area contributed by atoms with Gasteiger partial charge in [0.25, 0.3) is 0 Å². The van der Waals surface area contributed by atoms with E-state index in [-0.39, 0.29) is 52.9 Å². The number of fused-ring (bicyclic) bond motifs is 2. The Labute approximate surface area is 274 Å². The number of ether oxygens (including phenoxy) is 1. The Kier molecular flexibility index (Phi) is 8.85. The van der Waals surface area contributed by atoms with Crippen LogP contribution in [-0.2, 0) is 29.8 Å². The molecular formula is C31H38N4O10S2. The minimum absolute atomic E-state index is 0.0316. The standard InChI is InChI=1S/C31H38N4O10S2/c1-18(2)12-14-31(28(38)45-17-30(3)13-7-15-35(30)29(39)40)21-9-6-5-8-20(21)25(36)24(26(31)37)27-32-22-11-10-19(33-46(4,41)42)16-23(22)47(43,44)34-27/h5-6,8-11,16,18,33,36,43-44H,7,12-15,17H2,1-4H3,(H,32,34)(H,39,40)/t30-,31+/m1/s1. The summed E-state index contributed by atoms with van der Waals surface area (Å²) in [6.07, 6.45) is 1.16. The highest BCUT2D eigenvalue weighted by Gasteiger charge is 2.56. The molecule has 1 fully saturated rings. The Bertz CT molecular complexity index is 1820. The molecule has 0 unspecified atom stereocenters. The topological polar surface area (TPSA) is 215 Å². The molecule has 254 valence electrons. The summed E-state index contributed by atoms with van der Waals surface area (Å²) in [4.78, 5) is 42.1. The van der Waals surface area contributed by atoms with Gasteiger partial charge in [0.1, 0.15) is 22.8 Å². The SMILES string of the molecule is CC(C)CC[C@@]1(C(=O)OC[C@@]2(C)CCCN2C(=O)O)C(=O)C(C2=NS(O)(O)c3cc(NS(C)(=O)=O)ccc3N2)=C(O)c2ccccc21. The zero-order chi connectivity index (χ0) is 34.5. The van der Waals surface area contributed by atoms with Gasteiger partial charge in [-0.1, -0.05) is 48.9 Å². The van der Waals surface area contributed by atoms with Crippen LogP contribution in [0.25, 0.3) is 5.76 Å². The number of aliphatic hydroxyl groups excluding tert-OH is 1. The molecule has 1 amide bonds. The van der Waals surface area contributed by atoms with Gasteiger partial charge in [-0.3, -0.25) is 28.3 Å². The zero-order valence-electron chi connectivity index (χ0n) is 26.3. The van der Waals surface area contributed by atoms with E-state index >= 15 is 0 Å². The highest BCUT2D eigenvalue weighted by Crippen LogP contribution is 2.57. The largest absolute Gasteiger partial charge is 0.506 e.